The number of rotatable bonds is 0. The molecule has 2 N–H and O–H groups in total. The van der Waals surface area contributed by atoms with Crippen molar-refractivity contribution in [3.63, 3.8) is 0 Å². The van der Waals surface area contributed by atoms with Gasteiger partial charge < -0.3 is 10.1 Å². The van der Waals surface area contributed by atoms with E-state index in [2.05, 4.69) is 37.0 Å². The van der Waals surface area contributed by atoms with E-state index in [0.717, 1.165) is 46.2 Å². The zero-order valence-corrected chi connectivity index (χ0v) is 12.7. The molecule has 4 rings (SSSR count). The van der Waals surface area contributed by atoms with Crippen LogP contribution in [0.25, 0.3) is 21.8 Å². The topological polar surface area (TPSA) is 48.9 Å². The van der Waals surface area contributed by atoms with Gasteiger partial charge in [0.05, 0.1) is 17.3 Å². The molecule has 0 saturated carbocycles. The zero-order chi connectivity index (χ0) is 14.8. The summed E-state index contributed by atoms with van der Waals surface area (Å²) in [6.07, 6.45) is 1.29. The van der Waals surface area contributed by atoms with Crippen molar-refractivity contribution >= 4 is 21.8 Å². The van der Waals surface area contributed by atoms with Crippen LogP contribution >= 0.6 is 0 Å². The quantitative estimate of drug-likeness (QED) is 0.653. The van der Waals surface area contributed by atoms with Crippen LogP contribution in [0.3, 0.4) is 0 Å². The molecule has 0 amide bonds. The maximum atomic E-state index is 10.7. The van der Waals surface area contributed by atoms with Crippen molar-refractivity contribution in [1.82, 2.24) is 9.97 Å². The Kier molecular flexibility index (Phi) is 2.49. The van der Waals surface area contributed by atoms with Gasteiger partial charge in [-0.2, -0.15) is 0 Å². The van der Waals surface area contributed by atoms with E-state index in [1.165, 1.54) is 5.39 Å². The minimum atomic E-state index is -0.432. The third kappa shape index (κ3) is 1.80. The highest BCUT2D eigenvalue weighted by Crippen LogP contribution is 2.44. The summed E-state index contributed by atoms with van der Waals surface area (Å²) in [6, 6.07) is 8.30. The maximum Gasteiger partial charge on any atom is 0.0819 e. The lowest BCUT2D eigenvalue weighted by molar-refractivity contribution is 0.0997. The Labute approximate surface area is 124 Å². The average Bonchev–Trinajstić information content (AvgIpc) is 2.77. The van der Waals surface area contributed by atoms with Crippen LogP contribution in [0.15, 0.2) is 24.3 Å². The van der Waals surface area contributed by atoms with Gasteiger partial charge in [0.2, 0.25) is 0 Å². The molecule has 0 bridgehead atoms. The lowest BCUT2D eigenvalue weighted by Crippen LogP contribution is -2.27. The number of nitrogens with zero attached hydrogens (tertiary/aromatic N) is 1. The molecule has 3 aromatic rings. The number of aliphatic hydroxyl groups excluding tert-OH is 1. The molecule has 1 aliphatic carbocycles. The molecule has 108 valence electrons. The maximum absolute atomic E-state index is 10.7. The van der Waals surface area contributed by atoms with Gasteiger partial charge in [0.25, 0.3) is 0 Å². The summed E-state index contributed by atoms with van der Waals surface area (Å²) >= 11 is 0. The van der Waals surface area contributed by atoms with Gasteiger partial charge in [-0.05, 0) is 31.2 Å². The summed E-state index contributed by atoms with van der Waals surface area (Å²) in [5, 5.41) is 13.1. The fraction of sp³-hybridized carbons (Fsp3) is 0.389. The van der Waals surface area contributed by atoms with Crippen molar-refractivity contribution in [2.24, 2.45) is 5.41 Å². The SMILES string of the molecule is Cc1nc2c(c3c1[nH]c1ccccc13)[C@@H](O)CC(C)(C)C2. The Morgan fingerprint density at radius 1 is 1.29 bits per heavy atom. The minimum Gasteiger partial charge on any atom is -0.388 e. The van der Waals surface area contributed by atoms with Crippen LogP contribution in [0.1, 0.15) is 43.3 Å². The number of pyridine rings is 1. The van der Waals surface area contributed by atoms with Crippen molar-refractivity contribution in [2.75, 3.05) is 0 Å². The Hall–Kier alpha value is -1.87. The van der Waals surface area contributed by atoms with Crippen LogP contribution < -0.4 is 0 Å². The smallest absolute Gasteiger partial charge is 0.0819 e. The van der Waals surface area contributed by atoms with Gasteiger partial charge in [-0.3, -0.25) is 4.98 Å². The molecule has 3 heteroatoms. The van der Waals surface area contributed by atoms with Crippen molar-refractivity contribution in [1.29, 1.82) is 0 Å². The number of aromatic nitrogens is 2. The Balaban J connectivity index is 2.15. The Bertz CT molecular complexity index is 860. The monoisotopic (exact) mass is 280 g/mol. The lowest BCUT2D eigenvalue weighted by atomic mass is 9.74. The number of benzene rings is 1. The number of aliphatic hydroxyl groups is 1. The molecule has 0 fully saturated rings. The summed E-state index contributed by atoms with van der Waals surface area (Å²) in [4.78, 5) is 8.26. The van der Waals surface area contributed by atoms with Crippen LogP contribution in [0.2, 0.25) is 0 Å². The Morgan fingerprint density at radius 2 is 2.05 bits per heavy atom. The molecular formula is C18H20N2O. The van der Waals surface area contributed by atoms with Crippen LogP contribution in [-0.4, -0.2) is 15.1 Å². The number of fused-ring (bicyclic) bond motifs is 5. The van der Waals surface area contributed by atoms with Crippen LogP contribution in [0, 0.1) is 12.3 Å². The summed E-state index contributed by atoms with van der Waals surface area (Å²) in [6.45, 7) is 6.46. The van der Waals surface area contributed by atoms with E-state index in [-0.39, 0.29) is 5.41 Å². The van der Waals surface area contributed by atoms with Crippen molar-refractivity contribution in [3.05, 3.63) is 41.2 Å². The normalized spacial score (nSPS) is 20.9. The summed E-state index contributed by atoms with van der Waals surface area (Å²) in [5.41, 5.74) is 5.40. The minimum absolute atomic E-state index is 0.103. The van der Waals surface area contributed by atoms with Crippen LogP contribution in [0.4, 0.5) is 0 Å². The van der Waals surface area contributed by atoms with Gasteiger partial charge in [0.15, 0.2) is 0 Å². The highest BCUT2D eigenvalue weighted by Gasteiger charge is 2.34. The molecule has 0 radical (unpaired) electrons. The Morgan fingerprint density at radius 3 is 2.86 bits per heavy atom. The standard InChI is InChI=1S/C18H20N2O/c1-10-17-15(11-6-4-5-7-12(11)20-17)16-13(19-10)8-18(2,3)9-14(16)21/h4-7,14,20-21H,8-9H2,1-3H3/t14-/m0/s1. The molecule has 0 unspecified atom stereocenters. The first-order valence-electron chi connectivity index (χ1n) is 7.54. The van der Waals surface area contributed by atoms with E-state index >= 15 is 0 Å². The fourth-order valence-electron chi connectivity index (χ4n) is 3.80. The molecule has 21 heavy (non-hydrogen) atoms. The third-order valence-corrected chi connectivity index (χ3v) is 4.68. The average molecular weight is 280 g/mol. The molecule has 1 atom stereocenters. The first-order chi connectivity index (χ1) is 9.96. The van der Waals surface area contributed by atoms with Gasteiger partial charge in [-0.15, -0.1) is 0 Å². The summed E-state index contributed by atoms with van der Waals surface area (Å²) in [7, 11) is 0. The molecule has 0 aliphatic heterocycles. The van der Waals surface area contributed by atoms with Crippen molar-refractivity contribution in [3.8, 4) is 0 Å². The molecule has 0 saturated heterocycles. The number of aromatic amines is 1. The molecule has 1 aliphatic rings. The summed E-state index contributed by atoms with van der Waals surface area (Å²) in [5.74, 6) is 0. The highest BCUT2D eigenvalue weighted by molar-refractivity contribution is 6.10. The van der Waals surface area contributed by atoms with E-state index in [1.54, 1.807) is 0 Å². The number of hydrogen-bond donors (Lipinski definition) is 2. The van der Waals surface area contributed by atoms with Gasteiger partial charge >= 0.3 is 0 Å². The van der Waals surface area contributed by atoms with E-state index in [1.807, 2.05) is 13.0 Å². The predicted octanol–water partition coefficient (Wildman–Crippen LogP) is 4.03. The lowest BCUT2D eigenvalue weighted by Gasteiger charge is -2.34. The molecular weight excluding hydrogens is 260 g/mol. The van der Waals surface area contributed by atoms with E-state index in [0.29, 0.717) is 0 Å². The molecule has 3 nitrogen and oxygen atoms in total. The van der Waals surface area contributed by atoms with Gasteiger partial charge in [-0.1, -0.05) is 32.0 Å². The number of nitrogens with one attached hydrogen (secondary N) is 1. The fourth-order valence-corrected chi connectivity index (χ4v) is 3.80. The van der Waals surface area contributed by atoms with E-state index in [4.69, 9.17) is 4.98 Å². The van der Waals surface area contributed by atoms with E-state index in [9.17, 15) is 5.11 Å². The largest absolute Gasteiger partial charge is 0.388 e. The number of aryl methyl sites for hydroxylation is 1. The van der Waals surface area contributed by atoms with Crippen LogP contribution in [-0.2, 0) is 6.42 Å². The second-order valence-electron chi connectivity index (χ2n) is 7.04. The van der Waals surface area contributed by atoms with Crippen LogP contribution in [0.5, 0.6) is 0 Å². The third-order valence-electron chi connectivity index (χ3n) is 4.68. The summed E-state index contributed by atoms with van der Waals surface area (Å²) < 4.78 is 0. The van der Waals surface area contributed by atoms with Crippen molar-refractivity contribution < 1.29 is 5.11 Å². The molecule has 2 aromatic heterocycles. The second kappa shape index (κ2) is 4.08. The zero-order valence-electron chi connectivity index (χ0n) is 12.7. The number of para-hydroxylation sites is 1. The van der Waals surface area contributed by atoms with Gasteiger partial charge in [0.1, 0.15) is 0 Å². The highest BCUT2D eigenvalue weighted by atomic mass is 16.3. The van der Waals surface area contributed by atoms with E-state index < -0.39 is 6.10 Å². The van der Waals surface area contributed by atoms with Gasteiger partial charge in [0, 0.05) is 27.5 Å². The van der Waals surface area contributed by atoms with Crippen molar-refractivity contribution in [2.45, 2.75) is 39.7 Å². The number of hydrogen-bond acceptors (Lipinski definition) is 2. The molecule has 2 heterocycles. The molecule has 0 spiro atoms. The number of H-pyrrole nitrogens is 1. The van der Waals surface area contributed by atoms with Gasteiger partial charge in [-0.25, -0.2) is 0 Å². The predicted molar refractivity (Wildman–Crippen MR) is 85.4 cm³/mol. The first-order valence-corrected chi connectivity index (χ1v) is 7.54. The first kappa shape index (κ1) is 12.8. The molecule has 1 aromatic carbocycles. The second-order valence-corrected chi connectivity index (χ2v) is 7.04.